The minimum absolute atomic E-state index is 0.0426. The van der Waals surface area contributed by atoms with Gasteiger partial charge in [-0.2, -0.15) is 0 Å². The standard InChI is InChI=1S/C26H30N2O3S/c1-20-9-17-25(18-10-20)32(30,31)28(3)24-15-13-23(14-16-24)19-26(29)27-21(2)11-12-22-7-5-4-6-8-22/h4-10,13-18,21H,11-12,19H2,1-3H3,(H,27,29)/t21-/m0/s1. The van der Waals surface area contributed by atoms with Crippen molar-refractivity contribution in [2.45, 2.75) is 44.0 Å². The second-order valence-electron chi connectivity index (χ2n) is 8.12. The maximum Gasteiger partial charge on any atom is 0.264 e. The average molecular weight is 451 g/mol. The van der Waals surface area contributed by atoms with Crippen LogP contribution in [-0.4, -0.2) is 27.4 Å². The molecule has 0 fully saturated rings. The van der Waals surface area contributed by atoms with E-state index < -0.39 is 10.0 Å². The lowest BCUT2D eigenvalue weighted by atomic mass is 10.1. The van der Waals surface area contributed by atoms with E-state index in [9.17, 15) is 13.2 Å². The minimum atomic E-state index is -3.64. The van der Waals surface area contributed by atoms with Crippen molar-refractivity contribution in [3.63, 3.8) is 0 Å². The van der Waals surface area contributed by atoms with Gasteiger partial charge in [-0.15, -0.1) is 0 Å². The Kier molecular flexibility index (Phi) is 7.70. The molecule has 0 aliphatic heterocycles. The van der Waals surface area contributed by atoms with Gasteiger partial charge in [-0.25, -0.2) is 8.42 Å². The van der Waals surface area contributed by atoms with Gasteiger partial charge in [-0.1, -0.05) is 60.2 Å². The highest BCUT2D eigenvalue weighted by Gasteiger charge is 2.21. The third kappa shape index (κ3) is 6.20. The van der Waals surface area contributed by atoms with Crippen LogP contribution in [0.3, 0.4) is 0 Å². The predicted octanol–water partition coefficient (Wildman–Crippen LogP) is 4.50. The molecule has 32 heavy (non-hydrogen) atoms. The van der Waals surface area contributed by atoms with E-state index in [0.717, 1.165) is 24.0 Å². The molecule has 0 bridgehead atoms. The Balaban J connectivity index is 1.55. The van der Waals surface area contributed by atoms with Crippen LogP contribution in [0.1, 0.15) is 30.0 Å². The summed E-state index contributed by atoms with van der Waals surface area (Å²) in [5.74, 6) is -0.0426. The molecule has 1 N–H and O–H groups in total. The molecule has 0 heterocycles. The van der Waals surface area contributed by atoms with Crippen LogP contribution in [0.4, 0.5) is 5.69 Å². The van der Waals surface area contributed by atoms with E-state index in [4.69, 9.17) is 0 Å². The van der Waals surface area contributed by atoms with Crippen LogP contribution in [0, 0.1) is 6.92 Å². The molecular weight excluding hydrogens is 420 g/mol. The van der Waals surface area contributed by atoms with E-state index >= 15 is 0 Å². The number of carbonyl (C=O) groups excluding carboxylic acids is 1. The first kappa shape index (κ1) is 23.5. The second-order valence-corrected chi connectivity index (χ2v) is 10.1. The van der Waals surface area contributed by atoms with Crippen LogP contribution in [0.2, 0.25) is 0 Å². The van der Waals surface area contributed by atoms with Gasteiger partial charge in [-0.3, -0.25) is 9.10 Å². The fourth-order valence-corrected chi connectivity index (χ4v) is 4.64. The van der Waals surface area contributed by atoms with Crippen LogP contribution in [-0.2, 0) is 27.7 Å². The summed E-state index contributed by atoms with van der Waals surface area (Å²) in [7, 11) is -2.10. The van der Waals surface area contributed by atoms with Crippen molar-refractivity contribution in [2.75, 3.05) is 11.4 Å². The van der Waals surface area contributed by atoms with Crippen molar-refractivity contribution in [1.29, 1.82) is 0 Å². The molecule has 0 aliphatic rings. The van der Waals surface area contributed by atoms with Crippen LogP contribution >= 0.6 is 0 Å². The smallest absolute Gasteiger partial charge is 0.264 e. The number of hydrogen-bond donors (Lipinski definition) is 1. The van der Waals surface area contributed by atoms with Crippen molar-refractivity contribution in [3.8, 4) is 0 Å². The van der Waals surface area contributed by atoms with Crippen molar-refractivity contribution >= 4 is 21.6 Å². The monoisotopic (exact) mass is 450 g/mol. The summed E-state index contributed by atoms with van der Waals surface area (Å²) < 4.78 is 27.0. The predicted molar refractivity (Wildman–Crippen MR) is 129 cm³/mol. The molecule has 0 saturated carbocycles. The molecule has 0 radical (unpaired) electrons. The fourth-order valence-electron chi connectivity index (χ4n) is 3.44. The summed E-state index contributed by atoms with van der Waals surface area (Å²) in [6, 6.07) is 24.1. The SMILES string of the molecule is Cc1ccc(S(=O)(=O)N(C)c2ccc(CC(=O)N[C@@H](C)CCc3ccccc3)cc2)cc1. The van der Waals surface area contributed by atoms with Crippen LogP contribution < -0.4 is 9.62 Å². The summed E-state index contributed by atoms with van der Waals surface area (Å²) in [5, 5.41) is 3.04. The largest absolute Gasteiger partial charge is 0.353 e. The second kappa shape index (κ2) is 10.5. The lowest BCUT2D eigenvalue weighted by Crippen LogP contribution is -2.34. The van der Waals surface area contributed by atoms with E-state index in [1.54, 1.807) is 48.5 Å². The van der Waals surface area contributed by atoms with Crippen molar-refractivity contribution in [3.05, 3.63) is 95.6 Å². The number of anilines is 1. The quantitative estimate of drug-likeness (QED) is 0.522. The first-order chi connectivity index (χ1) is 15.3. The number of carbonyl (C=O) groups is 1. The van der Waals surface area contributed by atoms with Gasteiger partial charge < -0.3 is 5.32 Å². The molecule has 5 nitrogen and oxygen atoms in total. The summed E-state index contributed by atoms with van der Waals surface area (Å²) in [4.78, 5) is 12.7. The Hall–Kier alpha value is -3.12. The Morgan fingerprint density at radius 1 is 0.906 bits per heavy atom. The van der Waals surface area contributed by atoms with E-state index in [2.05, 4.69) is 17.4 Å². The summed E-state index contributed by atoms with van der Waals surface area (Å²) in [6.45, 7) is 3.92. The van der Waals surface area contributed by atoms with Crippen molar-refractivity contribution < 1.29 is 13.2 Å². The number of aryl methyl sites for hydroxylation is 2. The first-order valence-electron chi connectivity index (χ1n) is 10.7. The molecule has 3 aromatic rings. The van der Waals surface area contributed by atoms with Gasteiger partial charge in [0.1, 0.15) is 0 Å². The summed E-state index contributed by atoms with van der Waals surface area (Å²) in [6.07, 6.45) is 2.04. The van der Waals surface area contributed by atoms with Gasteiger partial charge in [-0.05, 0) is 62.1 Å². The number of nitrogens with zero attached hydrogens (tertiary/aromatic N) is 1. The van der Waals surface area contributed by atoms with Gasteiger partial charge in [0.05, 0.1) is 17.0 Å². The Morgan fingerprint density at radius 3 is 2.16 bits per heavy atom. The molecule has 0 aliphatic carbocycles. The molecular formula is C26H30N2O3S. The van der Waals surface area contributed by atoms with Crippen LogP contribution in [0.25, 0.3) is 0 Å². The zero-order valence-corrected chi connectivity index (χ0v) is 19.6. The average Bonchev–Trinajstić information content (AvgIpc) is 2.78. The lowest BCUT2D eigenvalue weighted by Gasteiger charge is -2.20. The Morgan fingerprint density at radius 2 is 1.53 bits per heavy atom. The molecule has 0 unspecified atom stereocenters. The van der Waals surface area contributed by atoms with Crippen LogP contribution in [0.5, 0.6) is 0 Å². The first-order valence-corrected chi connectivity index (χ1v) is 12.2. The third-order valence-corrected chi connectivity index (χ3v) is 7.26. The molecule has 0 spiro atoms. The molecule has 6 heteroatoms. The zero-order chi connectivity index (χ0) is 23.1. The molecule has 3 aromatic carbocycles. The van der Waals surface area contributed by atoms with E-state index in [0.29, 0.717) is 5.69 Å². The zero-order valence-electron chi connectivity index (χ0n) is 18.8. The highest BCUT2D eigenvalue weighted by Crippen LogP contribution is 2.23. The number of nitrogens with one attached hydrogen (secondary N) is 1. The number of hydrogen-bond acceptors (Lipinski definition) is 3. The number of sulfonamides is 1. The molecule has 1 atom stereocenters. The van der Waals surface area contributed by atoms with E-state index in [1.165, 1.54) is 16.9 Å². The lowest BCUT2D eigenvalue weighted by molar-refractivity contribution is -0.121. The normalized spacial score (nSPS) is 12.2. The Bertz CT molecular complexity index is 1130. The number of rotatable bonds is 9. The third-order valence-electron chi connectivity index (χ3n) is 5.46. The Labute approximate surface area is 191 Å². The summed E-state index contributed by atoms with van der Waals surface area (Å²) in [5.41, 5.74) is 3.64. The molecule has 168 valence electrons. The van der Waals surface area contributed by atoms with Crippen molar-refractivity contribution in [2.24, 2.45) is 0 Å². The number of benzene rings is 3. The minimum Gasteiger partial charge on any atom is -0.353 e. The molecule has 1 amide bonds. The molecule has 3 rings (SSSR count). The highest BCUT2D eigenvalue weighted by atomic mass is 32.2. The van der Waals surface area contributed by atoms with E-state index in [1.807, 2.05) is 32.0 Å². The van der Waals surface area contributed by atoms with Gasteiger partial charge in [0.15, 0.2) is 0 Å². The highest BCUT2D eigenvalue weighted by molar-refractivity contribution is 7.92. The maximum atomic E-state index is 12.9. The molecule has 0 aromatic heterocycles. The fraction of sp³-hybridized carbons (Fsp3) is 0.269. The molecule has 0 saturated heterocycles. The maximum absolute atomic E-state index is 12.9. The van der Waals surface area contributed by atoms with Gasteiger partial charge >= 0.3 is 0 Å². The van der Waals surface area contributed by atoms with Crippen LogP contribution in [0.15, 0.2) is 83.8 Å². The van der Waals surface area contributed by atoms with Crippen molar-refractivity contribution in [1.82, 2.24) is 5.32 Å². The van der Waals surface area contributed by atoms with E-state index in [-0.39, 0.29) is 23.3 Å². The van der Waals surface area contributed by atoms with Gasteiger partial charge in [0.2, 0.25) is 5.91 Å². The topological polar surface area (TPSA) is 66.5 Å². The summed E-state index contributed by atoms with van der Waals surface area (Å²) >= 11 is 0. The van der Waals surface area contributed by atoms with Gasteiger partial charge in [0.25, 0.3) is 10.0 Å². The number of amides is 1. The van der Waals surface area contributed by atoms with Gasteiger partial charge in [0, 0.05) is 13.1 Å².